The highest BCUT2D eigenvalue weighted by molar-refractivity contribution is 6.04. The molecule has 2 rings (SSSR count). The van der Waals surface area contributed by atoms with Crippen LogP contribution in [0.15, 0.2) is 16.5 Å². The van der Waals surface area contributed by atoms with Gasteiger partial charge in [-0.15, -0.1) is 0 Å². The molecule has 0 bridgehead atoms. The van der Waals surface area contributed by atoms with Crippen molar-refractivity contribution in [2.24, 2.45) is 5.41 Å². The molecular weight excluding hydrogens is 222 g/mol. The highest BCUT2D eigenvalue weighted by Gasteiger charge is 2.56. The Morgan fingerprint density at radius 2 is 2.18 bits per heavy atom. The van der Waals surface area contributed by atoms with Gasteiger partial charge >= 0.3 is 5.97 Å². The molecule has 1 heterocycles. The van der Waals surface area contributed by atoms with E-state index in [1.165, 1.54) is 0 Å². The Kier molecular flexibility index (Phi) is 2.92. The smallest absolute Gasteiger partial charge is 0.319 e. The minimum atomic E-state index is -1.15. The third-order valence-electron chi connectivity index (χ3n) is 3.05. The molecule has 2 N–H and O–H groups in total. The van der Waals surface area contributed by atoms with E-state index >= 15 is 0 Å². The molecule has 0 unspecified atom stereocenters. The largest absolute Gasteiger partial charge is 0.480 e. The van der Waals surface area contributed by atoms with Gasteiger partial charge in [0.1, 0.15) is 16.9 Å². The lowest BCUT2D eigenvalue weighted by molar-refractivity contribution is -0.149. The summed E-state index contributed by atoms with van der Waals surface area (Å²) in [5.41, 5.74) is -1.15. The van der Waals surface area contributed by atoms with Gasteiger partial charge in [-0.3, -0.25) is 9.59 Å². The second-order valence-corrected chi connectivity index (χ2v) is 4.41. The SMILES string of the molecule is Cc1ccc(CCNC(=O)C2(C(=O)O)CC2)o1. The van der Waals surface area contributed by atoms with Gasteiger partial charge in [-0.25, -0.2) is 0 Å². The van der Waals surface area contributed by atoms with E-state index < -0.39 is 11.4 Å². The van der Waals surface area contributed by atoms with Gasteiger partial charge in [0.05, 0.1) is 0 Å². The molecule has 5 nitrogen and oxygen atoms in total. The monoisotopic (exact) mass is 237 g/mol. The van der Waals surface area contributed by atoms with Crippen LogP contribution in [0, 0.1) is 12.3 Å². The predicted octanol–water partition coefficient (Wildman–Crippen LogP) is 1.11. The van der Waals surface area contributed by atoms with Crippen LogP contribution in [0.3, 0.4) is 0 Å². The molecule has 1 aromatic heterocycles. The molecule has 17 heavy (non-hydrogen) atoms. The molecule has 1 saturated carbocycles. The number of hydrogen-bond donors (Lipinski definition) is 2. The van der Waals surface area contributed by atoms with Crippen molar-refractivity contribution in [1.29, 1.82) is 0 Å². The molecule has 5 heteroatoms. The minimum Gasteiger partial charge on any atom is -0.480 e. The molecular formula is C12H15NO4. The minimum absolute atomic E-state index is 0.381. The molecule has 1 fully saturated rings. The van der Waals surface area contributed by atoms with E-state index in [1.807, 2.05) is 19.1 Å². The summed E-state index contributed by atoms with van der Waals surface area (Å²) in [4.78, 5) is 22.5. The molecule has 1 amide bonds. The van der Waals surface area contributed by atoms with E-state index in [4.69, 9.17) is 9.52 Å². The van der Waals surface area contributed by atoms with Crippen LogP contribution in [0.1, 0.15) is 24.4 Å². The number of aryl methyl sites for hydroxylation is 1. The zero-order valence-corrected chi connectivity index (χ0v) is 9.66. The summed E-state index contributed by atoms with van der Waals surface area (Å²) in [5, 5.41) is 11.6. The average molecular weight is 237 g/mol. The quantitative estimate of drug-likeness (QED) is 0.752. The summed E-state index contributed by atoms with van der Waals surface area (Å²) in [6.07, 6.45) is 1.46. The standard InChI is InChI=1S/C12H15NO4/c1-8-2-3-9(17-8)4-7-13-10(14)12(5-6-12)11(15)16/h2-3H,4-7H2,1H3,(H,13,14)(H,15,16). The summed E-state index contributed by atoms with van der Waals surface area (Å²) >= 11 is 0. The topological polar surface area (TPSA) is 79.5 Å². The lowest BCUT2D eigenvalue weighted by Crippen LogP contribution is -2.37. The number of rotatable bonds is 5. The number of amides is 1. The summed E-state index contributed by atoms with van der Waals surface area (Å²) in [6.45, 7) is 2.26. The van der Waals surface area contributed by atoms with Gasteiger partial charge < -0.3 is 14.8 Å². The van der Waals surface area contributed by atoms with Gasteiger partial charge in [0.15, 0.2) is 0 Å². The molecule has 1 aliphatic rings. The summed E-state index contributed by atoms with van der Waals surface area (Å²) in [5.74, 6) is 0.218. The van der Waals surface area contributed by atoms with Crippen molar-refractivity contribution in [3.05, 3.63) is 23.7 Å². The van der Waals surface area contributed by atoms with Gasteiger partial charge in [0, 0.05) is 13.0 Å². The lowest BCUT2D eigenvalue weighted by Gasteiger charge is -2.09. The molecule has 1 aromatic rings. The van der Waals surface area contributed by atoms with Crippen LogP contribution in [0.4, 0.5) is 0 Å². The number of hydrogen-bond acceptors (Lipinski definition) is 3. The first kappa shape index (κ1) is 11.7. The second-order valence-electron chi connectivity index (χ2n) is 4.41. The Balaban J connectivity index is 1.79. The zero-order chi connectivity index (χ0) is 12.5. The first-order chi connectivity index (χ1) is 8.04. The van der Waals surface area contributed by atoms with E-state index in [9.17, 15) is 9.59 Å². The van der Waals surface area contributed by atoms with Crippen molar-refractivity contribution >= 4 is 11.9 Å². The Morgan fingerprint density at radius 1 is 1.47 bits per heavy atom. The van der Waals surface area contributed by atoms with Gasteiger partial charge in [-0.05, 0) is 31.9 Å². The van der Waals surface area contributed by atoms with Crippen molar-refractivity contribution in [1.82, 2.24) is 5.32 Å². The zero-order valence-electron chi connectivity index (χ0n) is 9.66. The van der Waals surface area contributed by atoms with Gasteiger partial charge in [-0.1, -0.05) is 0 Å². The molecule has 1 aliphatic carbocycles. The maximum atomic E-state index is 11.6. The Hall–Kier alpha value is -1.78. The summed E-state index contributed by atoms with van der Waals surface area (Å²) in [7, 11) is 0. The van der Waals surface area contributed by atoms with Crippen LogP contribution >= 0.6 is 0 Å². The van der Waals surface area contributed by atoms with Gasteiger partial charge in [-0.2, -0.15) is 0 Å². The molecule has 0 aliphatic heterocycles. The van der Waals surface area contributed by atoms with E-state index in [0.29, 0.717) is 25.8 Å². The Labute approximate surface area is 98.8 Å². The van der Waals surface area contributed by atoms with E-state index in [2.05, 4.69) is 5.32 Å². The maximum Gasteiger partial charge on any atom is 0.319 e. The van der Waals surface area contributed by atoms with Crippen molar-refractivity contribution in [2.45, 2.75) is 26.2 Å². The number of furan rings is 1. The highest BCUT2D eigenvalue weighted by atomic mass is 16.4. The molecule has 0 spiro atoms. The first-order valence-electron chi connectivity index (χ1n) is 5.62. The average Bonchev–Trinajstić information content (AvgIpc) is 2.99. The normalized spacial score (nSPS) is 16.5. The van der Waals surface area contributed by atoms with Crippen molar-refractivity contribution < 1.29 is 19.1 Å². The van der Waals surface area contributed by atoms with E-state index in [-0.39, 0.29) is 5.91 Å². The van der Waals surface area contributed by atoms with Crippen LogP contribution in [-0.2, 0) is 16.0 Å². The fourth-order valence-electron chi connectivity index (χ4n) is 1.75. The highest BCUT2D eigenvalue weighted by Crippen LogP contribution is 2.45. The molecule has 0 aromatic carbocycles. The van der Waals surface area contributed by atoms with E-state index in [0.717, 1.165) is 11.5 Å². The van der Waals surface area contributed by atoms with Crippen molar-refractivity contribution in [2.75, 3.05) is 6.54 Å². The number of carbonyl (C=O) groups is 2. The maximum absolute atomic E-state index is 11.6. The lowest BCUT2D eigenvalue weighted by atomic mass is 10.1. The van der Waals surface area contributed by atoms with Crippen LogP contribution < -0.4 is 5.32 Å². The number of carboxylic acids is 1. The Morgan fingerprint density at radius 3 is 2.65 bits per heavy atom. The van der Waals surface area contributed by atoms with E-state index in [1.54, 1.807) is 0 Å². The third kappa shape index (κ3) is 2.33. The molecule has 0 saturated heterocycles. The third-order valence-corrected chi connectivity index (χ3v) is 3.05. The van der Waals surface area contributed by atoms with Gasteiger partial charge in [0.25, 0.3) is 0 Å². The second kappa shape index (κ2) is 4.24. The number of carbonyl (C=O) groups excluding carboxylic acids is 1. The predicted molar refractivity (Wildman–Crippen MR) is 59.5 cm³/mol. The van der Waals surface area contributed by atoms with Gasteiger partial charge in [0.2, 0.25) is 5.91 Å². The summed E-state index contributed by atoms with van der Waals surface area (Å²) < 4.78 is 5.35. The number of nitrogens with one attached hydrogen (secondary N) is 1. The van der Waals surface area contributed by atoms with Crippen LogP contribution in [0.25, 0.3) is 0 Å². The number of aliphatic carboxylic acids is 1. The fraction of sp³-hybridized carbons (Fsp3) is 0.500. The van der Waals surface area contributed by atoms with Crippen LogP contribution in [-0.4, -0.2) is 23.5 Å². The fourth-order valence-corrected chi connectivity index (χ4v) is 1.75. The molecule has 0 atom stereocenters. The molecule has 0 radical (unpaired) electrons. The van der Waals surface area contributed by atoms with Crippen LogP contribution in [0.2, 0.25) is 0 Å². The molecule has 92 valence electrons. The number of carboxylic acid groups (broad SMARTS) is 1. The van der Waals surface area contributed by atoms with Crippen LogP contribution in [0.5, 0.6) is 0 Å². The first-order valence-corrected chi connectivity index (χ1v) is 5.62. The van der Waals surface area contributed by atoms with Crippen molar-refractivity contribution in [3.63, 3.8) is 0 Å². The Bertz CT molecular complexity index is 445. The van der Waals surface area contributed by atoms with Crippen molar-refractivity contribution in [3.8, 4) is 0 Å². The summed E-state index contributed by atoms with van der Waals surface area (Å²) in [6, 6.07) is 3.71.